The van der Waals surface area contributed by atoms with Crippen molar-refractivity contribution in [2.75, 3.05) is 25.2 Å². The van der Waals surface area contributed by atoms with Crippen LogP contribution in [0.25, 0.3) is 0 Å². The molecule has 0 saturated carbocycles. The summed E-state index contributed by atoms with van der Waals surface area (Å²) in [6.45, 7) is 1.11. The van der Waals surface area contributed by atoms with Gasteiger partial charge < -0.3 is 10.1 Å². The zero-order valence-electron chi connectivity index (χ0n) is 10.8. The lowest BCUT2D eigenvalue weighted by atomic mass is 10.1. The maximum atomic E-state index is 11.2. The van der Waals surface area contributed by atoms with Gasteiger partial charge in [0.15, 0.2) is 0 Å². The van der Waals surface area contributed by atoms with Gasteiger partial charge in [-0.05, 0) is 24.1 Å². The molecule has 0 amide bonds. The Hall–Kier alpha value is -0.620. The maximum Gasteiger partial charge on any atom is 0.150 e. The first-order valence-electron chi connectivity index (χ1n) is 6.19. The highest BCUT2D eigenvalue weighted by Crippen LogP contribution is 2.13. The number of hydrogen-bond donors (Lipinski definition) is 1. The Balaban J connectivity index is 1.82. The van der Waals surface area contributed by atoms with E-state index in [-0.39, 0.29) is 17.9 Å². The lowest BCUT2D eigenvalue weighted by Crippen LogP contribution is -2.49. The highest BCUT2D eigenvalue weighted by molar-refractivity contribution is 7.90. The minimum Gasteiger partial charge on any atom is -0.374 e. The van der Waals surface area contributed by atoms with Crippen molar-refractivity contribution in [3.05, 3.63) is 34.9 Å². The van der Waals surface area contributed by atoms with E-state index in [0.29, 0.717) is 13.2 Å². The van der Waals surface area contributed by atoms with E-state index in [1.165, 1.54) is 11.8 Å². The van der Waals surface area contributed by atoms with Crippen LogP contribution in [0.2, 0.25) is 5.02 Å². The quantitative estimate of drug-likeness (QED) is 0.910. The summed E-state index contributed by atoms with van der Waals surface area (Å²) in [6, 6.07) is 7.94. The van der Waals surface area contributed by atoms with Crippen LogP contribution in [0.3, 0.4) is 0 Å². The van der Waals surface area contributed by atoms with Gasteiger partial charge in [-0.2, -0.15) is 0 Å². The van der Waals surface area contributed by atoms with E-state index in [0.717, 1.165) is 11.4 Å². The molecule has 19 heavy (non-hydrogen) atoms. The van der Waals surface area contributed by atoms with Crippen molar-refractivity contribution in [2.24, 2.45) is 0 Å². The molecular weight excluding hydrogens is 286 g/mol. The summed E-state index contributed by atoms with van der Waals surface area (Å²) in [6.07, 6.45) is 1.84. The Morgan fingerprint density at radius 3 is 2.58 bits per heavy atom. The van der Waals surface area contributed by atoms with Crippen LogP contribution in [0.1, 0.15) is 5.56 Å². The van der Waals surface area contributed by atoms with E-state index in [1.54, 1.807) is 0 Å². The second-order valence-electron chi connectivity index (χ2n) is 4.98. The maximum absolute atomic E-state index is 11.2. The SMILES string of the molecule is CS(=O)(=O)C[C@H]1CN[C@@H](Cc2ccc(Cl)cc2)CO1. The third-order valence-corrected chi connectivity index (χ3v) is 4.28. The van der Waals surface area contributed by atoms with Gasteiger partial charge in [-0.25, -0.2) is 8.42 Å². The predicted molar refractivity (Wildman–Crippen MR) is 76.4 cm³/mol. The molecule has 1 saturated heterocycles. The van der Waals surface area contributed by atoms with Crippen molar-refractivity contribution < 1.29 is 13.2 Å². The van der Waals surface area contributed by atoms with Crippen LogP contribution >= 0.6 is 11.6 Å². The van der Waals surface area contributed by atoms with Gasteiger partial charge in [-0.15, -0.1) is 0 Å². The summed E-state index contributed by atoms with van der Waals surface area (Å²) >= 11 is 5.84. The highest BCUT2D eigenvalue weighted by Gasteiger charge is 2.23. The monoisotopic (exact) mass is 303 g/mol. The molecule has 0 aliphatic carbocycles. The molecule has 0 unspecified atom stereocenters. The molecule has 1 fully saturated rings. The van der Waals surface area contributed by atoms with E-state index >= 15 is 0 Å². The van der Waals surface area contributed by atoms with Crippen LogP contribution in [0.15, 0.2) is 24.3 Å². The van der Waals surface area contributed by atoms with E-state index in [1.807, 2.05) is 24.3 Å². The number of halogens is 1. The average Bonchev–Trinajstić information content (AvgIpc) is 2.33. The first kappa shape index (κ1) is 14.8. The average molecular weight is 304 g/mol. The van der Waals surface area contributed by atoms with Gasteiger partial charge in [0.25, 0.3) is 0 Å². The van der Waals surface area contributed by atoms with Crippen LogP contribution in [0, 0.1) is 0 Å². The number of benzene rings is 1. The van der Waals surface area contributed by atoms with Gasteiger partial charge in [0, 0.05) is 23.9 Å². The largest absolute Gasteiger partial charge is 0.374 e. The van der Waals surface area contributed by atoms with E-state index in [2.05, 4.69) is 5.32 Å². The highest BCUT2D eigenvalue weighted by atomic mass is 35.5. The number of hydrogen-bond acceptors (Lipinski definition) is 4. The zero-order chi connectivity index (χ0) is 13.9. The predicted octanol–water partition coefficient (Wildman–Crippen LogP) is 1.28. The fourth-order valence-electron chi connectivity index (χ4n) is 2.15. The second-order valence-corrected chi connectivity index (χ2v) is 7.60. The van der Waals surface area contributed by atoms with Crippen molar-refractivity contribution in [2.45, 2.75) is 18.6 Å². The molecule has 2 rings (SSSR count). The van der Waals surface area contributed by atoms with Crippen molar-refractivity contribution >= 4 is 21.4 Å². The Bertz CT molecular complexity index is 507. The molecule has 1 aliphatic heterocycles. The lowest BCUT2D eigenvalue weighted by molar-refractivity contribution is 0.0174. The molecule has 6 heteroatoms. The normalized spacial score (nSPS) is 24.3. The standard InChI is InChI=1S/C13H18ClNO3S/c1-19(16,17)9-13-7-15-12(8-18-13)6-10-2-4-11(14)5-3-10/h2-5,12-13,15H,6-9H2,1H3/t12-,13+/m0/s1. The Morgan fingerprint density at radius 1 is 1.37 bits per heavy atom. The van der Waals surface area contributed by atoms with Gasteiger partial charge in [-0.3, -0.25) is 0 Å². The number of rotatable bonds is 4. The molecule has 106 valence electrons. The topological polar surface area (TPSA) is 55.4 Å². The van der Waals surface area contributed by atoms with Crippen molar-refractivity contribution in [1.29, 1.82) is 0 Å². The third kappa shape index (κ3) is 5.10. The molecular formula is C13H18ClNO3S. The fraction of sp³-hybridized carbons (Fsp3) is 0.538. The molecule has 1 aromatic rings. The summed E-state index contributed by atoms with van der Waals surface area (Å²) in [7, 11) is -2.98. The van der Waals surface area contributed by atoms with Crippen molar-refractivity contribution in [3.63, 3.8) is 0 Å². The minimum atomic E-state index is -2.98. The van der Waals surface area contributed by atoms with Crippen molar-refractivity contribution in [3.8, 4) is 0 Å². The number of morpholine rings is 1. The van der Waals surface area contributed by atoms with E-state index in [4.69, 9.17) is 16.3 Å². The summed E-state index contributed by atoms with van der Waals surface area (Å²) in [5.74, 6) is 0.0770. The molecule has 4 nitrogen and oxygen atoms in total. The molecule has 0 bridgehead atoms. The molecule has 1 N–H and O–H groups in total. The van der Waals surface area contributed by atoms with Crippen LogP contribution in [-0.2, 0) is 21.0 Å². The first-order chi connectivity index (χ1) is 8.92. The van der Waals surface area contributed by atoms with Crippen LogP contribution in [-0.4, -0.2) is 45.7 Å². The minimum absolute atomic E-state index is 0.0770. The van der Waals surface area contributed by atoms with E-state index < -0.39 is 9.84 Å². The number of sulfone groups is 1. The van der Waals surface area contributed by atoms with Gasteiger partial charge in [0.1, 0.15) is 9.84 Å². The number of ether oxygens (including phenoxy) is 1. The Labute approximate surface area is 119 Å². The van der Waals surface area contributed by atoms with Gasteiger partial charge in [-0.1, -0.05) is 23.7 Å². The molecule has 1 heterocycles. The van der Waals surface area contributed by atoms with Gasteiger partial charge >= 0.3 is 0 Å². The summed E-state index contributed by atoms with van der Waals surface area (Å²) in [5, 5.41) is 4.06. The van der Waals surface area contributed by atoms with Crippen LogP contribution < -0.4 is 5.32 Å². The van der Waals surface area contributed by atoms with Crippen LogP contribution in [0.4, 0.5) is 0 Å². The molecule has 1 aromatic carbocycles. The fourth-order valence-corrected chi connectivity index (χ4v) is 3.16. The molecule has 2 atom stereocenters. The van der Waals surface area contributed by atoms with Gasteiger partial charge in [0.05, 0.1) is 18.5 Å². The Morgan fingerprint density at radius 2 is 2.05 bits per heavy atom. The molecule has 0 radical (unpaired) electrons. The molecule has 0 aromatic heterocycles. The van der Waals surface area contributed by atoms with Crippen molar-refractivity contribution in [1.82, 2.24) is 5.32 Å². The lowest BCUT2D eigenvalue weighted by Gasteiger charge is -2.30. The summed E-state index contributed by atoms with van der Waals surface area (Å²) in [5.41, 5.74) is 1.19. The summed E-state index contributed by atoms with van der Waals surface area (Å²) in [4.78, 5) is 0. The zero-order valence-corrected chi connectivity index (χ0v) is 12.4. The number of nitrogens with one attached hydrogen (secondary N) is 1. The second kappa shape index (κ2) is 6.22. The summed E-state index contributed by atoms with van der Waals surface area (Å²) < 4.78 is 28.0. The van der Waals surface area contributed by atoms with Crippen LogP contribution in [0.5, 0.6) is 0 Å². The smallest absolute Gasteiger partial charge is 0.150 e. The van der Waals surface area contributed by atoms with Gasteiger partial charge in [0.2, 0.25) is 0 Å². The van der Waals surface area contributed by atoms with E-state index in [9.17, 15) is 8.42 Å². The molecule has 1 aliphatic rings. The Kier molecular flexibility index (Phi) is 4.84. The first-order valence-corrected chi connectivity index (χ1v) is 8.63. The molecule has 0 spiro atoms. The third-order valence-electron chi connectivity index (χ3n) is 3.05.